The van der Waals surface area contributed by atoms with Crippen molar-refractivity contribution in [2.24, 2.45) is 0 Å². The summed E-state index contributed by atoms with van der Waals surface area (Å²) in [5.41, 5.74) is -0.813. The summed E-state index contributed by atoms with van der Waals surface area (Å²) < 4.78 is 19.0. The molecule has 0 aliphatic carbocycles. The smallest absolute Gasteiger partial charge is 0.140 e. The van der Waals surface area contributed by atoms with Crippen molar-refractivity contribution in [1.82, 2.24) is 5.32 Å². The molecule has 0 unspecified atom stereocenters. The predicted octanol–water partition coefficient (Wildman–Crippen LogP) is 2.88. The normalized spacial score (nSPS) is 26.4. The minimum atomic E-state index is -0.813. The van der Waals surface area contributed by atoms with E-state index in [0.717, 1.165) is 32.2 Å². The Kier molecular flexibility index (Phi) is 5.38. The van der Waals surface area contributed by atoms with E-state index in [-0.39, 0.29) is 11.9 Å². The van der Waals surface area contributed by atoms with Gasteiger partial charge in [0.2, 0.25) is 0 Å². The summed E-state index contributed by atoms with van der Waals surface area (Å²) in [6.07, 6.45) is 4.33. The monoisotopic (exact) mass is 281 g/mol. The van der Waals surface area contributed by atoms with Crippen LogP contribution in [-0.2, 0) is 0 Å². The predicted molar refractivity (Wildman–Crippen MR) is 77.4 cm³/mol. The molecule has 0 radical (unpaired) electrons. The molecule has 3 nitrogen and oxygen atoms in total. The third-order valence-electron chi connectivity index (χ3n) is 3.95. The highest BCUT2D eigenvalue weighted by molar-refractivity contribution is 5.23. The van der Waals surface area contributed by atoms with Gasteiger partial charge in [0.05, 0.1) is 0 Å². The van der Waals surface area contributed by atoms with Gasteiger partial charge >= 0.3 is 0 Å². The number of hydrogen-bond donors (Lipinski definition) is 2. The van der Waals surface area contributed by atoms with Crippen LogP contribution in [0.5, 0.6) is 5.75 Å². The molecule has 20 heavy (non-hydrogen) atoms. The minimum absolute atomic E-state index is 0.319. The number of benzene rings is 1. The molecule has 112 valence electrons. The average Bonchev–Trinajstić information content (AvgIpc) is 2.42. The van der Waals surface area contributed by atoms with Crippen molar-refractivity contribution in [3.63, 3.8) is 0 Å². The van der Waals surface area contributed by atoms with Crippen molar-refractivity contribution in [3.8, 4) is 5.75 Å². The number of piperidine rings is 1. The lowest BCUT2D eigenvalue weighted by molar-refractivity contribution is -0.0862. The van der Waals surface area contributed by atoms with E-state index in [0.29, 0.717) is 18.7 Å². The fourth-order valence-corrected chi connectivity index (χ4v) is 2.71. The summed E-state index contributed by atoms with van der Waals surface area (Å²) in [5.74, 6) is 0.161. The first-order valence-corrected chi connectivity index (χ1v) is 7.49. The molecule has 2 N–H and O–H groups in total. The van der Waals surface area contributed by atoms with Crippen LogP contribution in [0.4, 0.5) is 4.39 Å². The quantitative estimate of drug-likeness (QED) is 0.788. The maximum atomic E-state index is 13.2. The Morgan fingerprint density at radius 3 is 3.05 bits per heavy atom. The standard InChI is InChI=1S/C16H24FNO2/c1-2-3-4-8-16(19)9-10-18-12-15(16)20-14-7-5-6-13(17)11-14/h5-7,11,15,18-19H,2-4,8-10,12H2,1H3/t15-,16-/m0/s1. The largest absolute Gasteiger partial charge is 0.486 e. The highest BCUT2D eigenvalue weighted by Crippen LogP contribution is 2.29. The van der Waals surface area contributed by atoms with Crippen LogP contribution in [0.3, 0.4) is 0 Å². The van der Waals surface area contributed by atoms with Crippen LogP contribution in [0.2, 0.25) is 0 Å². The average molecular weight is 281 g/mol. The zero-order valence-electron chi connectivity index (χ0n) is 12.1. The maximum absolute atomic E-state index is 13.2. The van der Waals surface area contributed by atoms with Gasteiger partial charge in [-0.2, -0.15) is 0 Å². The topological polar surface area (TPSA) is 41.5 Å². The van der Waals surface area contributed by atoms with Crippen molar-refractivity contribution in [1.29, 1.82) is 0 Å². The van der Waals surface area contributed by atoms with E-state index >= 15 is 0 Å². The first kappa shape index (κ1) is 15.3. The third-order valence-corrected chi connectivity index (χ3v) is 3.95. The summed E-state index contributed by atoms with van der Waals surface area (Å²) >= 11 is 0. The van der Waals surface area contributed by atoms with Crippen LogP contribution in [0, 0.1) is 5.82 Å². The zero-order valence-corrected chi connectivity index (χ0v) is 12.1. The Bertz CT molecular complexity index is 427. The Balaban J connectivity index is 2.02. The van der Waals surface area contributed by atoms with Gasteiger partial charge in [0.25, 0.3) is 0 Å². The number of aliphatic hydroxyl groups is 1. The fourth-order valence-electron chi connectivity index (χ4n) is 2.71. The van der Waals surface area contributed by atoms with Crippen molar-refractivity contribution < 1.29 is 14.2 Å². The molecule has 0 bridgehead atoms. The maximum Gasteiger partial charge on any atom is 0.140 e. The van der Waals surface area contributed by atoms with E-state index < -0.39 is 5.60 Å². The van der Waals surface area contributed by atoms with E-state index in [2.05, 4.69) is 12.2 Å². The second-order valence-electron chi connectivity index (χ2n) is 5.58. The molecule has 2 rings (SSSR count). The van der Waals surface area contributed by atoms with Gasteiger partial charge in [-0.1, -0.05) is 32.3 Å². The summed E-state index contributed by atoms with van der Waals surface area (Å²) in [6.45, 7) is 3.54. The molecular formula is C16H24FNO2. The number of unbranched alkanes of at least 4 members (excludes halogenated alkanes) is 2. The Hall–Kier alpha value is -1.13. The second kappa shape index (κ2) is 7.04. The summed E-state index contributed by atoms with van der Waals surface area (Å²) in [6, 6.07) is 6.10. The SMILES string of the molecule is CCCCC[C@]1(O)CCNC[C@@H]1Oc1cccc(F)c1. The van der Waals surface area contributed by atoms with Gasteiger partial charge in [-0.3, -0.25) is 0 Å². The molecular weight excluding hydrogens is 257 g/mol. The summed E-state index contributed by atoms with van der Waals surface area (Å²) in [7, 11) is 0. The Morgan fingerprint density at radius 1 is 1.45 bits per heavy atom. The molecule has 1 aromatic rings. The van der Waals surface area contributed by atoms with Crippen molar-refractivity contribution >= 4 is 0 Å². The first-order valence-electron chi connectivity index (χ1n) is 7.49. The van der Waals surface area contributed by atoms with Crippen LogP contribution in [0.25, 0.3) is 0 Å². The number of rotatable bonds is 6. The van der Waals surface area contributed by atoms with Gasteiger partial charge in [-0.15, -0.1) is 0 Å². The van der Waals surface area contributed by atoms with Crippen LogP contribution in [0.1, 0.15) is 39.0 Å². The molecule has 1 saturated heterocycles. The van der Waals surface area contributed by atoms with Crippen molar-refractivity contribution in [2.45, 2.75) is 50.7 Å². The molecule has 1 fully saturated rings. The molecule has 0 saturated carbocycles. The van der Waals surface area contributed by atoms with E-state index in [1.165, 1.54) is 12.1 Å². The van der Waals surface area contributed by atoms with Gasteiger partial charge in [-0.05, 0) is 31.5 Å². The van der Waals surface area contributed by atoms with Crippen LogP contribution in [0.15, 0.2) is 24.3 Å². The van der Waals surface area contributed by atoms with Gasteiger partial charge < -0.3 is 15.2 Å². The third kappa shape index (κ3) is 3.93. The molecule has 4 heteroatoms. The lowest BCUT2D eigenvalue weighted by atomic mass is 9.84. The molecule has 0 aromatic heterocycles. The van der Waals surface area contributed by atoms with Gasteiger partial charge in [0.1, 0.15) is 23.3 Å². The molecule has 0 spiro atoms. The number of nitrogens with one attached hydrogen (secondary N) is 1. The number of hydrogen-bond acceptors (Lipinski definition) is 3. The highest BCUT2D eigenvalue weighted by Gasteiger charge is 2.40. The van der Waals surface area contributed by atoms with E-state index in [1.54, 1.807) is 12.1 Å². The molecule has 1 aromatic carbocycles. The second-order valence-corrected chi connectivity index (χ2v) is 5.58. The van der Waals surface area contributed by atoms with Crippen molar-refractivity contribution in [2.75, 3.05) is 13.1 Å². The van der Waals surface area contributed by atoms with E-state index in [9.17, 15) is 9.50 Å². The van der Waals surface area contributed by atoms with E-state index in [1.807, 2.05) is 0 Å². The number of ether oxygens (including phenoxy) is 1. The minimum Gasteiger partial charge on any atom is -0.486 e. The Labute approximate surface area is 120 Å². The van der Waals surface area contributed by atoms with Crippen LogP contribution >= 0.6 is 0 Å². The van der Waals surface area contributed by atoms with Gasteiger partial charge in [0.15, 0.2) is 0 Å². The summed E-state index contributed by atoms with van der Waals surface area (Å²) in [4.78, 5) is 0. The molecule has 1 aliphatic heterocycles. The number of halogens is 1. The molecule has 1 aliphatic rings. The molecule has 0 amide bonds. The lowest BCUT2D eigenvalue weighted by Gasteiger charge is -2.40. The van der Waals surface area contributed by atoms with Gasteiger partial charge in [0, 0.05) is 12.6 Å². The van der Waals surface area contributed by atoms with E-state index in [4.69, 9.17) is 4.74 Å². The van der Waals surface area contributed by atoms with Gasteiger partial charge in [-0.25, -0.2) is 4.39 Å². The Morgan fingerprint density at radius 2 is 2.30 bits per heavy atom. The molecule has 1 heterocycles. The zero-order chi connectivity index (χ0) is 14.4. The lowest BCUT2D eigenvalue weighted by Crippen LogP contribution is -2.56. The van der Waals surface area contributed by atoms with Crippen LogP contribution in [-0.4, -0.2) is 29.9 Å². The first-order chi connectivity index (χ1) is 9.64. The van der Waals surface area contributed by atoms with Crippen molar-refractivity contribution in [3.05, 3.63) is 30.1 Å². The summed E-state index contributed by atoms with van der Waals surface area (Å²) in [5, 5.41) is 14.1. The van der Waals surface area contributed by atoms with Crippen LogP contribution < -0.4 is 10.1 Å². The highest BCUT2D eigenvalue weighted by atomic mass is 19.1. The fraction of sp³-hybridized carbons (Fsp3) is 0.625. The molecule has 2 atom stereocenters.